The predicted molar refractivity (Wildman–Crippen MR) is 105 cm³/mol. The van der Waals surface area contributed by atoms with E-state index in [-0.39, 0.29) is 11.9 Å². The van der Waals surface area contributed by atoms with Crippen LogP contribution in [-0.2, 0) is 0 Å². The molecule has 0 radical (unpaired) electrons. The zero-order chi connectivity index (χ0) is 19.0. The van der Waals surface area contributed by atoms with E-state index < -0.39 is 0 Å². The van der Waals surface area contributed by atoms with Crippen LogP contribution in [0.5, 0.6) is 0 Å². The monoisotopic (exact) mass is 366 g/mol. The summed E-state index contributed by atoms with van der Waals surface area (Å²) in [6.45, 7) is 8.61. The number of carbonyl (C=O) groups is 1. The number of hydrogen-bond donors (Lipinski definition) is 1. The van der Waals surface area contributed by atoms with Gasteiger partial charge < -0.3 is 14.2 Å². The van der Waals surface area contributed by atoms with Gasteiger partial charge in [0, 0.05) is 17.5 Å². The van der Waals surface area contributed by atoms with Crippen LogP contribution in [0.1, 0.15) is 51.9 Å². The van der Waals surface area contributed by atoms with E-state index in [2.05, 4.69) is 23.2 Å². The van der Waals surface area contributed by atoms with Crippen molar-refractivity contribution in [3.05, 3.63) is 58.7 Å². The first-order valence-electron chi connectivity index (χ1n) is 9.60. The van der Waals surface area contributed by atoms with Gasteiger partial charge in [-0.25, -0.2) is 0 Å². The standard InChI is InChI=1S/C22H26N2O3/c1-14-11-15(2)20-16(3)21(27-19(20)12-14)22(25)23-13-17(18-7-6-10-26-18)24-8-4-5-9-24/h6-7,10-12,17H,4-5,8-9,13H2,1-3H3,(H,23,25)/t17-/m1/s1. The van der Waals surface area contributed by atoms with E-state index in [1.807, 2.05) is 32.0 Å². The Kier molecular flexibility index (Phi) is 4.79. The first-order chi connectivity index (χ1) is 13.0. The summed E-state index contributed by atoms with van der Waals surface area (Å²) in [7, 11) is 0. The van der Waals surface area contributed by atoms with Crippen LogP contribution in [0.25, 0.3) is 11.0 Å². The van der Waals surface area contributed by atoms with Crippen molar-refractivity contribution >= 4 is 16.9 Å². The molecule has 3 heterocycles. The summed E-state index contributed by atoms with van der Waals surface area (Å²) in [5.74, 6) is 1.12. The highest BCUT2D eigenvalue weighted by Gasteiger charge is 2.27. The van der Waals surface area contributed by atoms with E-state index in [1.165, 1.54) is 12.8 Å². The van der Waals surface area contributed by atoms with Crippen molar-refractivity contribution in [3.63, 3.8) is 0 Å². The summed E-state index contributed by atoms with van der Waals surface area (Å²) in [5, 5.41) is 4.10. The lowest BCUT2D eigenvalue weighted by atomic mass is 10.0. The summed E-state index contributed by atoms with van der Waals surface area (Å²) in [4.78, 5) is 15.2. The first-order valence-corrected chi connectivity index (χ1v) is 9.60. The summed E-state index contributed by atoms with van der Waals surface area (Å²) >= 11 is 0. The topological polar surface area (TPSA) is 58.6 Å². The minimum Gasteiger partial charge on any atom is -0.468 e. The Morgan fingerprint density at radius 1 is 1.22 bits per heavy atom. The fourth-order valence-electron chi connectivity index (χ4n) is 4.22. The van der Waals surface area contributed by atoms with Crippen LogP contribution < -0.4 is 5.32 Å². The van der Waals surface area contributed by atoms with Gasteiger partial charge in [0.2, 0.25) is 0 Å². The van der Waals surface area contributed by atoms with Gasteiger partial charge in [-0.2, -0.15) is 0 Å². The molecule has 5 heteroatoms. The maximum absolute atomic E-state index is 12.9. The maximum Gasteiger partial charge on any atom is 0.287 e. The van der Waals surface area contributed by atoms with E-state index in [4.69, 9.17) is 8.83 Å². The predicted octanol–water partition coefficient (Wildman–Crippen LogP) is 4.52. The number of aryl methyl sites for hydroxylation is 3. The van der Waals surface area contributed by atoms with Gasteiger partial charge in [0.1, 0.15) is 11.3 Å². The SMILES string of the molecule is Cc1cc(C)c2c(C)c(C(=O)NC[C@H](c3ccco3)N3CCCC3)oc2c1. The number of rotatable bonds is 5. The Bertz CT molecular complexity index is 950. The third-order valence-electron chi connectivity index (χ3n) is 5.49. The normalized spacial score (nSPS) is 16.1. The van der Waals surface area contributed by atoms with E-state index in [1.54, 1.807) is 6.26 Å². The molecule has 1 fully saturated rings. The zero-order valence-electron chi connectivity index (χ0n) is 16.2. The molecule has 0 bridgehead atoms. The molecule has 4 rings (SSSR count). The molecule has 5 nitrogen and oxygen atoms in total. The fraction of sp³-hybridized carbons (Fsp3) is 0.409. The Hall–Kier alpha value is -2.53. The van der Waals surface area contributed by atoms with Crippen molar-refractivity contribution in [2.45, 2.75) is 39.7 Å². The highest BCUT2D eigenvalue weighted by Crippen LogP contribution is 2.30. The van der Waals surface area contributed by atoms with Gasteiger partial charge in [-0.15, -0.1) is 0 Å². The van der Waals surface area contributed by atoms with Crippen LogP contribution in [0.2, 0.25) is 0 Å². The third kappa shape index (κ3) is 3.39. The van der Waals surface area contributed by atoms with Crippen LogP contribution in [0, 0.1) is 20.8 Å². The quantitative estimate of drug-likeness (QED) is 0.721. The molecule has 1 aromatic carbocycles. The second kappa shape index (κ2) is 7.24. The van der Waals surface area contributed by atoms with Crippen molar-refractivity contribution in [3.8, 4) is 0 Å². The van der Waals surface area contributed by atoms with Crippen molar-refractivity contribution in [1.82, 2.24) is 10.2 Å². The number of nitrogens with one attached hydrogen (secondary N) is 1. The van der Waals surface area contributed by atoms with Crippen molar-refractivity contribution in [1.29, 1.82) is 0 Å². The smallest absolute Gasteiger partial charge is 0.287 e. The van der Waals surface area contributed by atoms with E-state index in [0.717, 1.165) is 46.5 Å². The van der Waals surface area contributed by atoms with Gasteiger partial charge >= 0.3 is 0 Å². The van der Waals surface area contributed by atoms with Gasteiger partial charge in [-0.05, 0) is 76.0 Å². The zero-order valence-corrected chi connectivity index (χ0v) is 16.2. The van der Waals surface area contributed by atoms with Crippen LogP contribution in [0.15, 0.2) is 39.4 Å². The molecular formula is C22H26N2O3. The van der Waals surface area contributed by atoms with Gasteiger partial charge in [-0.1, -0.05) is 6.07 Å². The molecule has 0 aliphatic carbocycles. The molecule has 1 N–H and O–H groups in total. The molecular weight excluding hydrogens is 340 g/mol. The molecule has 2 aromatic heterocycles. The summed E-state index contributed by atoms with van der Waals surface area (Å²) in [6.07, 6.45) is 4.06. The number of hydrogen-bond acceptors (Lipinski definition) is 4. The summed E-state index contributed by atoms with van der Waals surface area (Å²) in [5.41, 5.74) is 3.94. The molecule has 142 valence electrons. The first kappa shape index (κ1) is 17.9. The molecule has 0 spiro atoms. The minimum atomic E-state index is -0.170. The lowest BCUT2D eigenvalue weighted by Gasteiger charge is -2.25. The van der Waals surface area contributed by atoms with Gasteiger partial charge in [-0.3, -0.25) is 9.69 Å². The van der Waals surface area contributed by atoms with E-state index >= 15 is 0 Å². The number of amides is 1. The van der Waals surface area contributed by atoms with Crippen molar-refractivity contribution < 1.29 is 13.6 Å². The Morgan fingerprint density at radius 2 is 2.00 bits per heavy atom. The second-order valence-electron chi connectivity index (χ2n) is 7.50. The van der Waals surface area contributed by atoms with Gasteiger partial charge in [0.05, 0.1) is 12.3 Å². The summed E-state index contributed by atoms with van der Waals surface area (Å²) < 4.78 is 11.6. The number of carbonyl (C=O) groups excluding carboxylic acids is 1. The number of likely N-dealkylation sites (tertiary alicyclic amines) is 1. The van der Waals surface area contributed by atoms with Crippen molar-refractivity contribution in [2.24, 2.45) is 0 Å². The van der Waals surface area contributed by atoms with Crippen LogP contribution in [0.4, 0.5) is 0 Å². The average Bonchev–Trinajstić information content (AvgIpc) is 3.36. The largest absolute Gasteiger partial charge is 0.468 e. The Labute approximate surface area is 159 Å². The lowest BCUT2D eigenvalue weighted by Crippen LogP contribution is -2.36. The fourth-order valence-corrected chi connectivity index (χ4v) is 4.22. The molecule has 1 saturated heterocycles. The highest BCUT2D eigenvalue weighted by molar-refractivity contribution is 6.00. The van der Waals surface area contributed by atoms with Crippen LogP contribution in [0.3, 0.4) is 0 Å². The van der Waals surface area contributed by atoms with Crippen LogP contribution in [-0.4, -0.2) is 30.4 Å². The second-order valence-corrected chi connectivity index (χ2v) is 7.50. The number of fused-ring (bicyclic) bond motifs is 1. The molecule has 1 aliphatic heterocycles. The van der Waals surface area contributed by atoms with E-state index in [0.29, 0.717) is 12.3 Å². The van der Waals surface area contributed by atoms with Gasteiger partial charge in [0.25, 0.3) is 5.91 Å². The number of furan rings is 2. The summed E-state index contributed by atoms with van der Waals surface area (Å²) in [6, 6.07) is 8.04. The lowest BCUT2D eigenvalue weighted by molar-refractivity contribution is 0.0907. The third-order valence-corrected chi connectivity index (χ3v) is 5.49. The van der Waals surface area contributed by atoms with Crippen LogP contribution >= 0.6 is 0 Å². The molecule has 1 amide bonds. The average molecular weight is 366 g/mol. The molecule has 27 heavy (non-hydrogen) atoms. The molecule has 1 atom stereocenters. The Balaban J connectivity index is 1.55. The van der Waals surface area contributed by atoms with E-state index in [9.17, 15) is 4.79 Å². The Morgan fingerprint density at radius 3 is 2.70 bits per heavy atom. The van der Waals surface area contributed by atoms with Gasteiger partial charge in [0.15, 0.2) is 5.76 Å². The molecule has 1 aliphatic rings. The number of benzene rings is 1. The minimum absolute atomic E-state index is 0.0557. The maximum atomic E-state index is 12.9. The van der Waals surface area contributed by atoms with Crippen molar-refractivity contribution in [2.75, 3.05) is 19.6 Å². The molecule has 0 saturated carbocycles. The number of nitrogens with zero attached hydrogens (tertiary/aromatic N) is 1. The molecule has 3 aromatic rings. The highest BCUT2D eigenvalue weighted by atomic mass is 16.3. The molecule has 0 unspecified atom stereocenters.